The van der Waals surface area contributed by atoms with Crippen LogP contribution in [0.4, 0.5) is 5.95 Å². The number of aryl methyl sites for hydroxylation is 1. The van der Waals surface area contributed by atoms with Gasteiger partial charge in [-0.05, 0) is 37.5 Å². The maximum Gasteiger partial charge on any atom is 0.225 e. The quantitative estimate of drug-likeness (QED) is 0.907. The lowest BCUT2D eigenvalue weighted by atomic mass is 9.71. The SMILES string of the molecule is CNc1ncc(C)c(OC2CC(C)CC(C)(C)C2)n1. The van der Waals surface area contributed by atoms with Crippen LogP contribution in [0.3, 0.4) is 0 Å². The number of hydrogen-bond donors (Lipinski definition) is 1. The molecule has 4 heteroatoms. The van der Waals surface area contributed by atoms with Gasteiger partial charge >= 0.3 is 0 Å². The Bertz CT molecular complexity index is 445. The average molecular weight is 263 g/mol. The summed E-state index contributed by atoms with van der Waals surface area (Å²) in [5.74, 6) is 2.04. The summed E-state index contributed by atoms with van der Waals surface area (Å²) in [6, 6.07) is 0. The molecule has 0 bridgehead atoms. The molecule has 1 aromatic heterocycles. The molecule has 0 aromatic carbocycles. The first-order chi connectivity index (χ1) is 8.89. The maximum absolute atomic E-state index is 6.14. The Morgan fingerprint density at radius 2 is 2.11 bits per heavy atom. The molecule has 1 aliphatic rings. The summed E-state index contributed by atoms with van der Waals surface area (Å²) < 4.78 is 6.14. The van der Waals surface area contributed by atoms with Crippen molar-refractivity contribution < 1.29 is 4.74 Å². The Kier molecular flexibility index (Phi) is 3.97. The number of rotatable bonds is 3. The molecule has 19 heavy (non-hydrogen) atoms. The van der Waals surface area contributed by atoms with Crippen LogP contribution in [0.1, 0.15) is 45.6 Å². The fraction of sp³-hybridized carbons (Fsp3) is 0.733. The van der Waals surface area contributed by atoms with E-state index in [-0.39, 0.29) is 6.10 Å². The van der Waals surface area contributed by atoms with Crippen molar-refractivity contribution in [3.8, 4) is 5.88 Å². The second-order valence-corrected chi connectivity index (χ2v) is 6.58. The van der Waals surface area contributed by atoms with Gasteiger partial charge in [-0.1, -0.05) is 20.8 Å². The molecule has 0 saturated heterocycles. The average Bonchev–Trinajstić information content (AvgIpc) is 2.29. The number of anilines is 1. The van der Waals surface area contributed by atoms with Gasteiger partial charge in [-0.15, -0.1) is 0 Å². The highest BCUT2D eigenvalue weighted by atomic mass is 16.5. The highest BCUT2D eigenvalue weighted by molar-refractivity contribution is 5.32. The normalized spacial score (nSPS) is 25.9. The second-order valence-electron chi connectivity index (χ2n) is 6.58. The van der Waals surface area contributed by atoms with Crippen LogP contribution in [0.2, 0.25) is 0 Å². The van der Waals surface area contributed by atoms with Crippen molar-refractivity contribution in [1.82, 2.24) is 9.97 Å². The first-order valence-electron chi connectivity index (χ1n) is 7.07. The third kappa shape index (κ3) is 3.58. The standard InChI is InChI=1S/C15H25N3O/c1-10-6-12(8-15(3,4)7-10)19-13-11(2)9-17-14(16-5)18-13/h9-10,12H,6-8H2,1-5H3,(H,16,17,18). The third-order valence-corrected chi connectivity index (χ3v) is 3.77. The Morgan fingerprint density at radius 1 is 1.37 bits per heavy atom. The van der Waals surface area contributed by atoms with Crippen LogP contribution in [0, 0.1) is 18.3 Å². The van der Waals surface area contributed by atoms with Crippen molar-refractivity contribution in [2.45, 2.75) is 53.1 Å². The van der Waals surface area contributed by atoms with Gasteiger partial charge in [-0.2, -0.15) is 4.98 Å². The summed E-state index contributed by atoms with van der Waals surface area (Å²) in [5.41, 5.74) is 1.35. The summed E-state index contributed by atoms with van der Waals surface area (Å²) >= 11 is 0. The van der Waals surface area contributed by atoms with Gasteiger partial charge in [0.2, 0.25) is 11.8 Å². The molecule has 0 amide bonds. The highest BCUT2D eigenvalue weighted by Gasteiger charge is 2.33. The lowest BCUT2D eigenvalue weighted by Gasteiger charge is -2.38. The molecular formula is C15H25N3O. The van der Waals surface area contributed by atoms with E-state index in [1.807, 2.05) is 20.2 Å². The molecule has 2 rings (SSSR count). The molecule has 1 aliphatic carbocycles. The van der Waals surface area contributed by atoms with E-state index in [1.54, 1.807) is 0 Å². The Morgan fingerprint density at radius 3 is 2.74 bits per heavy atom. The van der Waals surface area contributed by atoms with Crippen LogP contribution in [-0.4, -0.2) is 23.1 Å². The summed E-state index contributed by atoms with van der Waals surface area (Å²) in [6.07, 6.45) is 5.55. The van der Waals surface area contributed by atoms with Gasteiger partial charge in [-0.3, -0.25) is 0 Å². The Hall–Kier alpha value is -1.32. The summed E-state index contributed by atoms with van der Waals surface area (Å²) in [4.78, 5) is 8.61. The minimum absolute atomic E-state index is 0.261. The molecule has 4 nitrogen and oxygen atoms in total. The van der Waals surface area contributed by atoms with Crippen LogP contribution >= 0.6 is 0 Å². The van der Waals surface area contributed by atoms with Gasteiger partial charge in [0.1, 0.15) is 6.10 Å². The molecule has 2 atom stereocenters. The lowest BCUT2D eigenvalue weighted by molar-refractivity contribution is 0.0527. The minimum Gasteiger partial charge on any atom is -0.474 e. The van der Waals surface area contributed by atoms with Gasteiger partial charge in [-0.25, -0.2) is 4.98 Å². The molecule has 0 spiro atoms. The van der Waals surface area contributed by atoms with E-state index in [4.69, 9.17) is 4.74 Å². The zero-order valence-electron chi connectivity index (χ0n) is 12.7. The fourth-order valence-electron chi connectivity index (χ4n) is 3.17. The molecule has 106 valence electrons. The van der Waals surface area contributed by atoms with Crippen LogP contribution < -0.4 is 10.1 Å². The Balaban J connectivity index is 2.12. The largest absolute Gasteiger partial charge is 0.474 e. The Labute approximate surface area is 116 Å². The maximum atomic E-state index is 6.14. The van der Waals surface area contributed by atoms with E-state index in [0.29, 0.717) is 23.2 Å². The molecule has 2 unspecified atom stereocenters. The molecule has 0 aliphatic heterocycles. The summed E-state index contributed by atoms with van der Waals surface area (Å²) in [7, 11) is 1.82. The van der Waals surface area contributed by atoms with Crippen LogP contribution in [0.25, 0.3) is 0 Å². The molecule has 1 heterocycles. The molecule has 1 N–H and O–H groups in total. The zero-order chi connectivity index (χ0) is 14.0. The van der Waals surface area contributed by atoms with Crippen molar-refractivity contribution in [2.75, 3.05) is 12.4 Å². The molecule has 1 aromatic rings. The van der Waals surface area contributed by atoms with Crippen LogP contribution in [0.5, 0.6) is 5.88 Å². The van der Waals surface area contributed by atoms with E-state index in [2.05, 4.69) is 36.1 Å². The highest BCUT2D eigenvalue weighted by Crippen LogP contribution is 2.40. The number of hydrogen-bond acceptors (Lipinski definition) is 4. The van der Waals surface area contributed by atoms with Crippen molar-refractivity contribution in [3.63, 3.8) is 0 Å². The minimum atomic E-state index is 0.261. The van der Waals surface area contributed by atoms with Gasteiger partial charge in [0.25, 0.3) is 0 Å². The van der Waals surface area contributed by atoms with E-state index >= 15 is 0 Å². The topological polar surface area (TPSA) is 47.0 Å². The number of aromatic nitrogens is 2. The number of nitrogens with one attached hydrogen (secondary N) is 1. The number of nitrogens with zero attached hydrogens (tertiary/aromatic N) is 2. The first kappa shape index (κ1) is 14.1. The van der Waals surface area contributed by atoms with E-state index < -0.39 is 0 Å². The molecule has 0 radical (unpaired) electrons. The summed E-state index contributed by atoms with van der Waals surface area (Å²) in [6.45, 7) is 8.95. The third-order valence-electron chi connectivity index (χ3n) is 3.77. The van der Waals surface area contributed by atoms with E-state index in [9.17, 15) is 0 Å². The molecule has 1 fully saturated rings. The molecular weight excluding hydrogens is 238 g/mol. The summed E-state index contributed by atoms with van der Waals surface area (Å²) in [5, 5.41) is 2.95. The second kappa shape index (κ2) is 5.35. The van der Waals surface area contributed by atoms with Crippen LogP contribution in [-0.2, 0) is 0 Å². The lowest BCUT2D eigenvalue weighted by Crippen LogP contribution is -2.34. The smallest absolute Gasteiger partial charge is 0.225 e. The van der Waals surface area contributed by atoms with Gasteiger partial charge in [0, 0.05) is 18.8 Å². The van der Waals surface area contributed by atoms with E-state index in [0.717, 1.165) is 18.4 Å². The van der Waals surface area contributed by atoms with Gasteiger partial charge in [0.05, 0.1) is 0 Å². The van der Waals surface area contributed by atoms with E-state index in [1.165, 1.54) is 6.42 Å². The van der Waals surface area contributed by atoms with Crippen molar-refractivity contribution in [3.05, 3.63) is 11.8 Å². The van der Waals surface area contributed by atoms with Crippen molar-refractivity contribution >= 4 is 5.95 Å². The van der Waals surface area contributed by atoms with Gasteiger partial charge in [0.15, 0.2) is 0 Å². The fourth-order valence-corrected chi connectivity index (χ4v) is 3.17. The predicted octanol–water partition coefficient (Wildman–Crippen LogP) is 3.42. The monoisotopic (exact) mass is 263 g/mol. The number of ether oxygens (including phenoxy) is 1. The van der Waals surface area contributed by atoms with Crippen molar-refractivity contribution in [1.29, 1.82) is 0 Å². The zero-order valence-corrected chi connectivity index (χ0v) is 12.7. The molecule has 1 saturated carbocycles. The van der Waals surface area contributed by atoms with Crippen LogP contribution in [0.15, 0.2) is 6.20 Å². The van der Waals surface area contributed by atoms with Gasteiger partial charge < -0.3 is 10.1 Å². The predicted molar refractivity (Wildman–Crippen MR) is 77.5 cm³/mol. The first-order valence-corrected chi connectivity index (χ1v) is 7.07. The van der Waals surface area contributed by atoms with Crippen molar-refractivity contribution in [2.24, 2.45) is 11.3 Å².